The zero-order valence-corrected chi connectivity index (χ0v) is 10.3. The summed E-state index contributed by atoms with van der Waals surface area (Å²) >= 11 is 0. The van der Waals surface area contributed by atoms with Crippen LogP contribution in [0.3, 0.4) is 0 Å². The number of hydrogen-bond acceptors (Lipinski definition) is 3. The van der Waals surface area contributed by atoms with Crippen LogP contribution in [0.15, 0.2) is 0 Å². The Bertz CT molecular complexity index is 153. The first kappa shape index (κ1) is 12.9. The molecule has 2 atom stereocenters. The monoisotopic (exact) mass is 213 g/mol. The van der Waals surface area contributed by atoms with Gasteiger partial charge < -0.3 is 16.4 Å². The van der Waals surface area contributed by atoms with Gasteiger partial charge in [0.05, 0.1) is 6.17 Å². The van der Waals surface area contributed by atoms with Crippen LogP contribution in [0.4, 0.5) is 0 Å². The molecule has 0 aliphatic carbocycles. The number of rotatable bonds is 7. The summed E-state index contributed by atoms with van der Waals surface area (Å²) in [4.78, 5) is 0. The number of unbranched alkanes of at least 4 members (excludes halogenated alkanes) is 3. The third-order valence-electron chi connectivity index (χ3n) is 3.35. The van der Waals surface area contributed by atoms with E-state index in [1.807, 2.05) is 0 Å². The smallest absolute Gasteiger partial charge is 0.0616 e. The maximum absolute atomic E-state index is 6.05. The normalized spacial score (nSPS) is 21.8. The quantitative estimate of drug-likeness (QED) is 0.561. The SMILES string of the molecule is CCCCCCC(C(C)N)C1NCCN1. The lowest BCUT2D eigenvalue weighted by atomic mass is 9.92. The van der Waals surface area contributed by atoms with Gasteiger partial charge in [0.15, 0.2) is 0 Å². The Hall–Kier alpha value is -0.120. The molecule has 4 N–H and O–H groups in total. The molecule has 1 aliphatic rings. The van der Waals surface area contributed by atoms with Crippen LogP contribution in [0, 0.1) is 5.92 Å². The van der Waals surface area contributed by atoms with Gasteiger partial charge in [-0.05, 0) is 13.3 Å². The highest BCUT2D eigenvalue weighted by molar-refractivity contribution is 4.84. The summed E-state index contributed by atoms with van der Waals surface area (Å²) in [5.41, 5.74) is 6.05. The predicted molar refractivity (Wildman–Crippen MR) is 65.7 cm³/mol. The Balaban J connectivity index is 2.24. The lowest BCUT2D eigenvalue weighted by molar-refractivity contribution is 0.290. The molecule has 15 heavy (non-hydrogen) atoms. The molecule has 90 valence electrons. The molecule has 1 rings (SSSR count). The maximum atomic E-state index is 6.05. The molecular formula is C12H27N3. The zero-order chi connectivity index (χ0) is 11.1. The Kier molecular flexibility index (Phi) is 6.22. The van der Waals surface area contributed by atoms with Gasteiger partial charge >= 0.3 is 0 Å². The fraction of sp³-hybridized carbons (Fsp3) is 1.00. The lowest BCUT2D eigenvalue weighted by Gasteiger charge is -2.27. The highest BCUT2D eigenvalue weighted by Crippen LogP contribution is 2.17. The van der Waals surface area contributed by atoms with E-state index in [2.05, 4.69) is 24.5 Å². The minimum Gasteiger partial charge on any atom is -0.328 e. The second-order valence-electron chi connectivity index (χ2n) is 4.76. The summed E-state index contributed by atoms with van der Waals surface area (Å²) < 4.78 is 0. The van der Waals surface area contributed by atoms with Gasteiger partial charge in [0, 0.05) is 25.0 Å². The summed E-state index contributed by atoms with van der Waals surface area (Å²) in [7, 11) is 0. The fourth-order valence-corrected chi connectivity index (χ4v) is 2.37. The van der Waals surface area contributed by atoms with Gasteiger partial charge in [-0.25, -0.2) is 0 Å². The van der Waals surface area contributed by atoms with Gasteiger partial charge in [0.2, 0.25) is 0 Å². The molecule has 0 radical (unpaired) electrons. The van der Waals surface area contributed by atoms with Crippen LogP contribution >= 0.6 is 0 Å². The van der Waals surface area contributed by atoms with E-state index in [0.717, 1.165) is 13.1 Å². The van der Waals surface area contributed by atoms with Crippen molar-refractivity contribution >= 4 is 0 Å². The summed E-state index contributed by atoms with van der Waals surface area (Å²) in [6, 6.07) is 0.287. The van der Waals surface area contributed by atoms with Crippen molar-refractivity contribution in [1.29, 1.82) is 0 Å². The molecule has 0 amide bonds. The standard InChI is InChI=1S/C12H27N3/c1-3-4-5-6-7-11(10(2)13)12-14-8-9-15-12/h10-12,14-15H,3-9,13H2,1-2H3. The molecule has 0 aromatic heterocycles. The van der Waals surface area contributed by atoms with Gasteiger partial charge in [-0.3, -0.25) is 0 Å². The van der Waals surface area contributed by atoms with Crippen molar-refractivity contribution in [2.45, 2.75) is 58.2 Å². The van der Waals surface area contributed by atoms with Crippen molar-refractivity contribution in [2.75, 3.05) is 13.1 Å². The molecule has 3 heteroatoms. The van der Waals surface area contributed by atoms with Crippen molar-refractivity contribution in [2.24, 2.45) is 11.7 Å². The minimum atomic E-state index is 0.287. The second-order valence-corrected chi connectivity index (χ2v) is 4.76. The van der Waals surface area contributed by atoms with E-state index in [1.54, 1.807) is 0 Å². The van der Waals surface area contributed by atoms with Crippen LogP contribution in [-0.4, -0.2) is 25.3 Å². The number of hydrogen-bond donors (Lipinski definition) is 3. The first-order chi connectivity index (χ1) is 7.25. The minimum absolute atomic E-state index is 0.287. The van der Waals surface area contributed by atoms with Crippen LogP contribution < -0.4 is 16.4 Å². The van der Waals surface area contributed by atoms with Gasteiger partial charge in [-0.2, -0.15) is 0 Å². The maximum Gasteiger partial charge on any atom is 0.0616 e. The first-order valence-corrected chi connectivity index (χ1v) is 6.48. The second kappa shape index (κ2) is 7.20. The van der Waals surface area contributed by atoms with Gasteiger partial charge in [0.1, 0.15) is 0 Å². The third kappa shape index (κ3) is 4.49. The number of nitrogens with two attached hydrogens (primary N) is 1. The van der Waals surface area contributed by atoms with Crippen molar-refractivity contribution in [3.8, 4) is 0 Å². The molecule has 1 heterocycles. The van der Waals surface area contributed by atoms with E-state index >= 15 is 0 Å². The molecule has 0 aromatic rings. The van der Waals surface area contributed by atoms with Crippen LogP contribution in [0.2, 0.25) is 0 Å². The Labute approximate surface area is 94.2 Å². The van der Waals surface area contributed by atoms with Crippen LogP contribution in [0.1, 0.15) is 46.0 Å². The van der Waals surface area contributed by atoms with Crippen LogP contribution in [0.5, 0.6) is 0 Å². The Morgan fingerprint density at radius 2 is 1.87 bits per heavy atom. The van der Waals surface area contributed by atoms with E-state index in [9.17, 15) is 0 Å². The molecule has 1 aliphatic heterocycles. The molecule has 2 unspecified atom stereocenters. The van der Waals surface area contributed by atoms with E-state index in [1.165, 1.54) is 32.1 Å². The van der Waals surface area contributed by atoms with Crippen molar-refractivity contribution < 1.29 is 0 Å². The molecule has 0 spiro atoms. The fourth-order valence-electron chi connectivity index (χ4n) is 2.37. The lowest BCUT2D eigenvalue weighted by Crippen LogP contribution is -2.46. The zero-order valence-electron chi connectivity index (χ0n) is 10.3. The molecule has 0 saturated carbocycles. The summed E-state index contributed by atoms with van der Waals surface area (Å²) in [5, 5.41) is 6.98. The average molecular weight is 213 g/mol. The molecule has 1 saturated heterocycles. The molecule has 0 aromatic carbocycles. The molecule has 3 nitrogen and oxygen atoms in total. The largest absolute Gasteiger partial charge is 0.328 e. The third-order valence-corrected chi connectivity index (χ3v) is 3.35. The van der Waals surface area contributed by atoms with E-state index < -0.39 is 0 Å². The van der Waals surface area contributed by atoms with Gasteiger partial charge in [-0.1, -0.05) is 32.6 Å². The number of nitrogens with one attached hydrogen (secondary N) is 2. The highest BCUT2D eigenvalue weighted by atomic mass is 15.2. The summed E-state index contributed by atoms with van der Waals surface area (Å²) in [6.45, 7) is 6.56. The molecular weight excluding hydrogens is 186 g/mol. The predicted octanol–water partition coefficient (Wildman–Crippen LogP) is 1.44. The summed E-state index contributed by atoms with van der Waals surface area (Å²) in [6.07, 6.45) is 7.04. The van der Waals surface area contributed by atoms with E-state index in [-0.39, 0.29) is 6.04 Å². The highest BCUT2D eigenvalue weighted by Gasteiger charge is 2.26. The summed E-state index contributed by atoms with van der Waals surface area (Å²) in [5.74, 6) is 0.587. The Morgan fingerprint density at radius 1 is 1.20 bits per heavy atom. The molecule has 0 bridgehead atoms. The van der Waals surface area contributed by atoms with Crippen LogP contribution in [0.25, 0.3) is 0 Å². The molecule has 1 fully saturated rings. The van der Waals surface area contributed by atoms with Crippen molar-refractivity contribution in [3.63, 3.8) is 0 Å². The average Bonchev–Trinajstić information content (AvgIpc) is 2.70. The van der Waals surface area contributed by atoms with Gasteiger partial charge in [0.25, 0.3) is 0 Å². The Morgan fingerprint density at radius 3 is 2.40 bits per heavy atom. The van der Waals surface area contributed by atoms with Crippen LogP contribution in [-0.2, 0) is 0 Å². The van der Waals surface area contributed by atoms with E-state index in [4.69, 9.17) is 5.73 Å². The van der Waals surface area contributed by atoms with E-state index in [0.29, 0.717) is 12.1 Å². The van der Waals surface area contributed by atoms with Crippen molar-refractivity contribution in [3.05, 3.63) is 0 Å². The first-order valence-electron chi connectivity index (χ1n) is 6.48. The van der Waals surface area contributed by atoms with Gasteiger partial charge in [-0.15, -0.1) is 0 Å². The topological polar surface area (TPSA) is 50.1 Å². The van der Waals surface area contributed by atoms with Crippen molar-refractivity contribution in [1.82, 2.24) is 10.6 Å².